The van der Waals surface area contributed by atoms with Crippen LogP contribution in [0, 0.1) is 0 Å². The monoisotopic (exact) mass is 144 g/mol. The molecule has 2 N–H and O–H groups in total. The van der Waals surface area contributed by atoms with E-state index in [1.807, 2.05) is 0 Å². The number of piperidine rings is 1. The van der Waals surface area contributed by atoms with Gasteiger partial charge in [-0.05, 0) is 25.9 Å². The van der Waals surface area contributed by atoms with Crippen molar-refractivity contribution in [3.05, 3.63) is 0 Å². The second kappa shape index (κ2) is 5.69. The molecule has 1 fully saturated rings. The Kier molecular flexibility index (Phi) is 5.64. The molecule has 1 aliphatic heterocycles. The standard InChI is InChI=1S/C7H16N2.CH4/c8-4-7-9-5-2-1-3-6-9;/h1-8H2;1H4. The van der Waals surface area contributed by atoms with Crippen LogP contribution in [-0.4, -0.2) is 31.1 Å². The molecule has 0 spiro atoms. The Hall–Kier alpha value is -0.0800. The molecule has 0 saturated carbocycles. The van der Waals surface area contributed by atoms with E-state index in [4.69, 9.17) is 5.73 Å². The Labute approximate surface area is 64.4 Å². The molecule has 0 atom stereocenters. The normalized spacial score (nSPS) is 20.1. The summed E-state index contributed by atoms with van der Waals surface area (Å²) in [6, 6.07) is 0. The van der Waals surface area contributed by atoms with Crippen molar-refractivity contribution in [2.45, 2.75) is 26.7 Å². The van der Waals surface area contributed by atoms with Crippen molar-refractivity contribution in [1.29, 1.82) is 0 Å². The molecule has 10 heavy (non-hydrogen) atoms. The predicted molar refractivity (Wildman–Crippen MR) is 46.1 cm³/mol. The molecule has 0 bridgehead atoms. The summed E-state index contributed by atoms with van der Waals surface area (Å²) in [6.45, 7) is 4.47. The molecule has 2 heteroatoms. The van der Waals surface area contributed by atoms with Gasteiger partial charge in [-0.2, -0.15) is 0 Å². The number of hydrogen-bond acceptors (Lipinski definition) is 2. The molecule has 0 aliphatic carbocycles. The highest BCUT2D eigenvalue weighted by Gasteiger charge is 2.07. The largest absolute Gasteiger partial charge is 0.329 e. The highest BCUT2D eigenvalue weighted by molar-refractivity contribution is 4.63. The number of nitrogens with two attached hydrogens (primary N) is 1. The van der Waals surface area contributed by atoms with Gasteiger partial charge in [-0.1, -0.05) is 13.8 Å². The Morgan fingerprint density at radius 2 is 1.70 bits per heavy atom. The fourth-order valence-corrected chi connectivity index (χ4v) is 1.37. The molecule has 2 nitrogen and oxygen atoms in total. The van der Waals surface area contributed by atoms with Crippen molar-refractivity contribution in [2.24, 2.45) is 5.73 Å². The first-order chi connectivity index (χ1) is 4.43. The fraction of sp³-hybridized carbons (Fsp3) is 1.00. The number of nitrogens with zero attached hydrogens (tertiary/aromatic N) is 1. The SMILES string of the molecule is C.NCCN1CCCCC1. The third-order valence-corrected chi connectivity index (χ3v) is 1.89. The van der Waals surface area contributed by atoms with E-state index in [1.165, 1.54) is 32.4 Å². The fourth-order valence-electron chi connectivity index (χ4n) is 1.37. The quantitative estimate of drug-likeness (QED) is 0.628. The van der Waals surface area contributed by atoms with E-state index >= 15 is 0 Å². The van der Waals surface area contributed by atoms with Gasteiger partial charge in [0.15, 0.2) is 0 Å². The van der Waals surface area contributed by atoms with E-state index in [9.17, 15) is 0 Å². The van der Waals surface area contributed by atoms with Gasteiger partial charge in [-0.15, -0.1) is 0 Å². The van der Waals surface area contributed by atoms with Crippen LogP contribution in [0.4, 0.5) is 0 Å². The molecule has 0 aromatic carbocycles. The molecule has 0 aromatic rings. The Morgan fingerprint density at radius 3 is 2.20 bits per heavy atom. The average molecular weight is 144 g/mol. The second-order valence-corrected chi connectivity index (χ2v) is 2.69. The van der Waals surface area contributed by atoms with Gasteiger partial charge < -0.3 is 10.6 Å². The lowest BCUT2D eigenvalue weighted by molar-refractivity contribution is 0.235. The lowest BCUT2D eigenvalue weighted by Gasteiger charge is -2.25. The zero-order valence-electron chi connectivity index (χ0n) is 5.97. The molecule has 62 valence electrons. The van der Waals surface area contributed by atoms with Crippen LogP contribution in [0.2, 0.25) is 0 Å². The molecular formula is C8H20N2. The smallest absolute Gasteiger partial charge is 0.0105 e. The van der Waals surface area contributed by atoms with Gasteiger partial charge in [0.2, 0.25) is 0 Å². The summed E-state index contributed by atoms with van der Waals surface area (Å²) < 4.78 is 0. The summed E-state index contributed by atoms with van der Waals surface area (Å²) in [5.41, 5.74) is 5.42. The van der Waals surface area contributed by atoms with Crippen LogP contribution in [0.1, 0.15) is 26.7 Å². The van der Waals surface area contributed by atoms with E-state index in [0.717, 1.165) is 13.1 Å². The molecule has 0 aromatic heterocycles. The zero-order chi connectivity index (χ0) is 6.53. The van der Waals surface area contributed by atoms with Crippen LogP contribution in [0.5, 0.6) is 0 Å². The van der Waals surface area contributed by atoms with Gasteiger partial charge >= 0.3 is 0 Å². The Bertz CT molecular complexity index is 64.9. The first kappa shape index (κ1) is 9.92. The van der Waals surface area contributed by atoms with Gasteiger partial charge in [0.05, 0.1) is 0 Å². The van der Waals surface area contributed by atoms with E-state index in [1.54, 1.807) is 0 Å². The minimum absolute atomic E-state index is 0. The number of hydrogen-bond donors (Lipinski definition) is 1. The summed E-state index contributed by atoms with van der Waals surface area (Å²) in [6.07, 6.45) is 4.17. The molecule has 0 unspecified atom stereocenters. The lowest BCUT2D eigenvalue weighted by Crippen LogP contribution is -2.33. The minimum Gasteiger partial charge on any atom is -0.329 e. The highest BCUT2D eigenvalue weighted by atomic mass is 15.1. The highest BCUT2D eigenvalue weighted by Crippen LogP contribution is 2.06. The molecule has 1 rings (SSSR count). The molecule has 0 radical (unpaired) electrons. The first-order valence-electron chi connectivity index (χ1n) is 3.86. The zero-order valence-corrected chi connectivity index (χ0v) is 5.97. The third kappa shape index (κ3) is 3.18. The summed E-state index contributed by atoms with van der Waals surface area (Å²) in [4.78, 5) is 2.45. The van der Waals surface area contributed by atoms with Crippen molar-refractivity contribution in [3.8, 4) is 0 Å². The van der Waals surface area contributed by atoms with Crippen LogP contribution in [0.25, 0.3) is 0 Å². The van der Waals surface area contributed by atoms with Crippen LogP contribution in [-0.2, 0) is 0 Å². The van der Waals surface area contributed by atoms with Crippen molar-refractivity contribution in [1.82, 2.24) is 4.90 Å². The molecule has 0 amide bonds. The number of rotatable bonds is 2. The van der Waals surface area contributed by atoms with Gasteiger partial charge in [0.25, 0.3) is 0 Å². The van der Waals surface area contributed by atoms with Crippen LogP contribution in [0.15, 0.2) is 0 Å². The van der Waals surface area contributed by atoms with Gasteiger partial charge in [-0.3, -0.25) is 0 Å². The maximum atomic E-state index is 5.42. The summed E-state index contributed by atoms with van der Waals surface area (Å²) in [5.74, 6) is 0. The van der Waals surface area contributed by atoms with E-state index in [0.29, 0.717) is 0 Å². The summed E-state index contributed by atoms with van der Waals surface area (Å²) >= 11 is 0. The Balaban J connectivity index is 0.000000810. The lowest BCUT2D eigenvalue weighted by atomic mass is 10.1. The third-order valence-electron chi connectivity index (χ3n) is 1.89. The predicted octanol–water partition coefficient (Wildman–Crippen LogP) is 1.07. The first-order valence-corrected chi connectivity index (χ1v) is 3.86. The van der Waals surface area contributed by atoms with Crippen LogP contribution < -0.4 is 5.73 Å². The summed E-state index contributed by atoms with van der Waals surface area (Å²) in [5, 5.41) is 0. The molecule has 1 saturated heterocycles. The minimum atomic E-state index is 0. The van der Waals surface area contributed by atoms with Gasteiger partial charge in [0, 0.05) is 13.1 Å². The van der Waals surface area contributed by atoms with E-state index in [-0.39, 0.29) is 7.43 Å². The molecular weight excluding hydrogens is 124 g/mol. The average Bonchev–Trinajstić information content (AvgIpc) is 1.91. The van der Waals surface area contributed by atoms with Crippen molar-refractivity contribution < 1.29 is 0 Å². The summed E-state index contributed by atoms with van der Waals surface area (Å²) in [7, 11) is 0. The van der Waals surface area contributed by atoms with Crippen LogP contribution >= 0.6 is 0 Å². The van der Waals surface area contributed by atoms with Crippen molar-refractivity contribution in [3.63, 3.8) is 0 Å². The topological polar surface area (TPSA) is 29.3 Å². The second-order valence-electron chi connectivity index (χ2n) is 2.69. The maximum absolute atomic E-state index is 5.42. The van der Waals surface area contributed by atoms with Gasteiger partial charge in [-0.25, -0.2) is 0 Å². The molecule has 1 heterocycles. The van der Waals surface area contributed by atoms with Gasteiger partial charge in [0.1, 0.15) is 0 Å². The number of likely N-dealkylation sites (tertiary alicyclic amines) is 1. The van der Waals surface area contributed by atoms with E-state index in [2.05, 4.69) is 4.90 Å². The van der Waals surface area contributed by atoms with Crippen molar-refractivity contribution >= 4 is 0 Å². The van der Waals surface area contributed by atoms with Crippen LogP contribution in [0.3, 0.4) is 0 Å². The van der Waals surface area contributed by atoms with Crippen molar-refractivity contribution in [2.75, 3.05) is 26.2 Å². The van der Waals surface area contributed by atoms with E-state index < -0.39 is 0 Å². The molecule has 1 aliphatic rings. The maximum Gasteiger partial charge on any atom is 0.0105 e. The Morgan fingerprint density at radius 1 is 1.10 bits per heavy atom.